The fraction of sp³-hybridized carbons (Fsp3) is 0.750. The highest BCUT2D eigenvalue weighted by Crippen LogP contribution is 2.49. The molecule has 1 saturated carbocycles. The molecule has 0 unspecified atom stereocenters. The zero-order valence-electron chi connectivity index (χ0n) is 12.2. The molecule has 1 aliphatic heterocycles. The Morgan fingerprint density at radius 1 is 1.00 bits per heavy atom. The van der Waals surface area contributed by atoms with E-state index in [1.807, 2.05) is 11.0 Å². The highest BCUT2D eigenvalue weighted by molar-refractivity contribution is 5.87. The van der Waals surface area contributed by atoms with Crippen LogP contribution < -0.4 is 0 Å². The van der Waals surface area contributed by atoms with Crippen molar-refractivity contribution in [2.24, 2.45) is 35.5 Å². The van der Waals surface area contributed by atoms with Gasteiger partial charge >= 0.3 is 5.97 Å². The van der Waals surface area contributed by atoms with E-state index in [2.05, 4.69) is 19.9 Å². The van der Waals surface area contributed by atoms with Gasteiger partial charge in [0.2, 0.25) is 5.91 Å². The lowest BCUT2D eigenvalue weighted by atomic mass is 9.81. The van der Waals surface area contributed by atoms with E-state index in [1.165, 1.54) is 0 Å². The maximum Gasteiger partial charge on any atom is 0.307 e. The Labute approximate surface area is 119 Å². The second kappa shape index (κ2) is 4.90. The molecule has 1 N–H and O–H groups in total. The summed E-state index contributed by atoms with van der Waals surface area (Å²) in [4.78, 5) is 26.3. The third-order valence-corrected chi connectivity index (χ3v) is 5.21. The normalized spacial score (nSPS) is 43.0. The van der Waals surface area contributed by atoms with Crippen molar-refractivity contribution in [3.8, 4) is 0 Å². The maximum atomic E-state index is 12.8. The van der Waals surface area contributed by atoms with Crippen molar-refractivity contribution in [3.63, 3.8) is 0 Å². The Bertz CT molecular complexity index is 449. The summed E-state index contributed by atoms with van der Waals surface area (Å²) >= 11 is 0. The van der Waals surface area contributed by atoms with Gasteiger partial charge in [0, 0.05) is 13.1 Å². The van der Waals surface area contributed by atoms with Gasteiger partial charge in [0.25, 0.3) is 0 Å². The summed E-state index contributed by atoms with van der Waals surface area (Å²) in [7, 11) is 0. The zero-order chi connectivity index (χ0) is 14.4. The van der Waals surface area contributed by atoms with Gasteiger partial charge < -0.3 is 10.0 Å². The second-order valence-electron chi connectivity index (χ2n) is 7.03. The van der Waals surface area contributed by atoms with Crippen LogP contribution in [0.2, 0.25) is 0 Å². The van der Waals surface area contributed by atoms with Crippen LogP contribution in [0.25, 0.3) is 0 Å². The van der Waals surface area contributed by atoms with E-state index in [4.69, 9.17) is 0 Å². The van der Waals surface area contributed by atoms with Gasteiger partial charge in [-0.3, -0.25) is 9.59 Å². The van der Waals surface area contributed by atoms with E-state index in [1.54, 1.807) is 0 Å². The average Bonchev–Trinajstić information content (AvgIpc) is 2.96. The van der Waals surface area contributed by atoms with Gasteiger partial charge in [0.1, 0.15) is 0 Å². The molecule has 0 aromatic carbocycles. The molecule has 0 spiro atoms. The molecule has 2 fully saturated rings. The summed E-state index contributed by atoms with van der Waals surface area (Å²) in [6.07, 6.45) is 6.05. The van der Waals surface area contributed by atoms with Crippen LogP contribution in [-0.2, 0) is 9.59 Å². The SMILES string of the molecule is C[C@@H]1C[C@H](C)CN(C(=O)[C@H]2[C@H](C(=O)O)[C@H]3C=C[C@H]2C3)C1. The van der Waals surface area contributed by atoms with Crippen LogP contribution in [0.1, 0.15) is 26.7 Å². The molecule has 1 heterocycles. The first-order chi connectivity index (χ1) is 9.47. The number of carboxylic acid groups (broad SMARTS) is 1. The van der Waals surface area contributed by atoms with E-state index in [0.717, 1.165) is 25.9 Å². The summed E-state index contributed by atoms with van der Waals surface area (Å²) in [5, 5.41) is 9.45. The number of fused-ring (bicyclic) bond motifs is 2. The van der Waals surface area contributed by atoms with Crippen molar-refractivity contribution in [2.45, 2.75) is 26.7 Å². The Morgan fingerprint density at radius 2 is 1.55 bits per heavy atom. The molecule has 3 rings (SSSR count). The molecule has 6 atom stereocenters. The molecule has 1 saturated heterocycles. The van der Waals surface area contributed by atoms with Crippen LogP contribution in [0, 0.1) is 35.5 Å². The van der Waals surface area contributed by atoms with Crippen molar-refractivity contribution in [1.82, 2.24) is 4.90 Å². The van der Waals surface area contributed by atoms with Crippen molar-refractivity contribution in [2.75, 3.05) is 13.1 Å². The van der Waals surface area contributed by atoms with E-state index < -0.39 is 11.9 Å². The van der Waals surface area contributed by atoms with Crippen LogP contribution in [0.3, 0.4) is 0 Å². The summed E-state index contributed by atoms with van der Waals surface area (Å²) in [6, 6.07) is 0. The van der Waals surface area contributed by atoms with E-state index in [0.29, 0.717) is 11.8 Å². The predicted octanol–water partition coefficient (Wildman–Crippen LogP) is 2.01. The van der Waals surface area contributed by atoms with Crippen molar-refractivity contribution >= 4 is 11.9 Å². The molecule has 2 aliphatic carbocycles. The molecule has 2 bridgehead atoms. The lowest BCUT2D eigenvalue weighted by Gasteiger charge is -2.38. The Morgan fingerprint density at radius 3 is 2.10 bits per heavy atom. The molecule has 0 aromatic heterocycles. The Kier molecular flexibility index (Phi) is 3.35. The summed E-state index contributed by atoms with van der Waals surface area (Å²) in [5.41, 5.74) is 0. The average molecular weight is 277 g/mol. The number of amides is 1. The molecule has 1 amide bonds. The number of rotatable bonds is 2. The lowest BCUT2D eigenvalue weighted by Crippen LogP contribution is -2.48. The molecule has 0 aromatic rings. The molecule has 110 valence electrons. The monoisotopic (exact) mass is 277 g/mol. The number of allylic oxidation sites excluding steroid dienone is 2. The maximum absolute atomic E-state index is 12.8. The number of carbonyl (C=O) groups excluding carboxylic acids is 1. The first kappa shape index (κ1) is 13.7. The van der Waals surface area contributed by atoms with Gasteiger partial charge in [-0.05, 0) is 36.5 Å². The minimum atomic E-state index is -0.807. The molecule has 3 aliphatic rings. The first-order valence-corrected chi connectivity index (χ1v) is 7.67. The van der Waals surface area contributed by atoms with Crippen LogP contribution >= 0.6 is 0 Å². The summed E-state index contributed by atoms with van der Waals surface area (Å²) in [5.74, 6) is -0.344. The molecule has 20 heavy (non-hydrogen) atoms. The Balaban J connectivity index is 1.79. The van der Waals surface area contributed by atoms with Gasteiger partial charge in [0.15, 0.2) is 0 Å². The number of nitrogens with zero attached hydrogens (tertiary/aromatic N) is 1. The minimum absolute atomic E-state index is 0.0612. The largest absolute Gasteiger partial charge is 0.481 e. The highest BCUT2D eigenvalue weighted by atomic mass is 16.4. The van der Waals surface area contributed by atoms with Gasteiger partial charge in [-0.25, -0.2) is 0 Å². The molecule has 4 heteroatoms. The molecular formula is C16H23NO3. The van der Waals surface area contributed by atoms with E-state index in [-0.39, 0.29) is 23.7 Å². The minimum Gasteiger partial charge on any atom is -0.481 e. The summed E-state index contributed by atoms with van der Waals surface area (Å²) in [6.45, 7) is 5.91. The number of likely N-dealkylation sites (tertiary alicyclic amines) is 1. The van der Waals surface area contributed by atoms with Gasteiger partial charge in [-0.2, -0.15) is 0 Å². The fourth-order valence-electron chi connectivity index (χ4n) is 4.55. The number of carboxylic acids is 1. The van der Waals surface area contributed by atoms with Crippen molar-refractivity contribution in [1.29, 1.82) is 0 Å². The van der Waals surface area contributed by atoms with Crippen LogP contribution in [0.15, 0.2) is 12.2 Å². The van der Waals surface area contributed by atoms with Crippen LogP contribution in [0.4, 0.5) is 0 Å². The van der Waals surface area contributed by atoms with Gasteiger partial charge in [-0.1, -0.05) is 26.0 Å². The van der Waals surface area contributed by atoms with E-state index in [9.17, 15) is 14.7 Å². The number of piperidine rings is 1. The van der Waals surface area contributed by atoms with Crippen LogP contribution in [0.5, 0.6) is 0 Å². The fourth-order valence-corrected chi connectivity index (χ4v) is 4.55. The second-order valence-corrected chi connectivity index (χ2v) is 7.03. The predicted molar refractivity (Wildman–Crippen MR) is 74.9 cm³/mol. The lowest BCUT2D eigenvalue weighted by molar-refractivity contribution is -0.152. The Hall–Kier alpha value is -1.32. The molecular weight excluding hydrogens is 254 g/mol. The van der Waals surface area contributed by atoms with Crippen molar-refractivity contribution in [3.05, 3.63) is 12.2 Å². The highest BCUT2D eigenvalue weighted by Gasteiger charge is 2.52. The number of carbonyl (C=O) groups is 2. The third kappa shape index (κ3) is 2.15. The quantitative estimate of drug-likeness (QED) is 0.786. The number of hydrogen-bond acceptors (Lipinski definition) is 2. The van der Waals surface area contributed by atoms with Crippen molar-refractivity contribution < 1.29 is 14.7 Å². The van der Waals surface area contributed by atoms with E-state index >= 15 is 0 Å². The third-order valence-electron chi connectivity index (χ3n) is 5.21. The van der Waals surface area contributed by atoms with Gasteiger partial charge in [-0.15, -0.1) is 0 Å². The van der Waals surface area contributed by atoms with Gasteiger partial charge in [0.05, 0.1) is 11.8 Å². The van der Waals surface area contributed by atoms with Crippen LogP contribution in [-0.4, -0.2) is 35.0 Å². The number of hydrogen-bond donors (Lipinski definition) is 1. The molecule has 4 nitrogen and oxygen atoms in total. The molecule has 0 radical (unpaired) electrons. The number of aliphatic carboxylic acids is 1. The smallest absolute Gasteiger partial charge is 0.307 e. The topological polar surface area (TPSA) is 57.6 Å². The standard InChI is InChI=1S/C16H23NO3/c1-9-5-10(2)8-17(7-9)15(18)13-11-3-4-12(6-11)14(13)16(19)20/h3-4,9-14H,5-8H2,1-2H3,(H,19,20)/t9-,10+,11-,12-,13+,14+/m0/s1. The first-order valence-electron chi connectivity index (χ1n) is 7.67. The zero-order valence-corrected chi connectivity index (χ0v) is 12.2. The summed E-state index contributed by atoms with van der Waals surface area (Å²) < 4.78 is 0.